The summed E-state index contributed by atoms with van der Waals surface area (Å²) in [7, 11) is -1.66. The molecule has 1 heterocycles. The smallest absolute Gasteiger partial charge is 0.423 e. The summed E-state index contributed by atoms with van der Waals surface area (Å²) < 4.78 is 12.9. The summed E-state index contributed by atoms with van der Waals surface area (Å²) >= 11 is 1.72. The number of nitrogens with zero attached hydrogens (tertiary/aromatic N) is 1. The zero-order valence-electron chi connectivity index (χ0n) is 5.33. The second-order valence-corrected chi connectivity index (χ2v) is 2.94. The molecule has 0 aliphatic heterocycles. The van der Waals surface area contributed by atoms with Crippen molar-refractivity contribution in [1.82, 2.24) is 4.98 Å². The van der Waals surface area contributed by atoms with E-state index in [4.69, 9.17) is 10.0 Å². The maximum Gasteiger partial charge on any atom is 0.490 e. The van der Waals surface area contributed by atoms with Gasteiger partial charge in [-0.05, 0) is 28.7 Å². The van der Waals surface area contributed by atoms with Crippen LogP contribution in [0, 0.1) is 9.52 Å². The van der Waals surface area contributed by atoms with E-state index in [9.17, 15) is 4.39 Å². The first-order valence-electron chi connectivity index (χ1n) is 2.78. The van der Waals surface area contributed by atoms with Crippen LogP contribution in [0.5, 0.6) is 0 Å². The van der Waals surface area contributed by atoms with Crippen LogP contribution in [0.15, 0.2) is 12.3 Å². The number of hydrogen-bond acceptors (Lipinski definition) is 3. The van der Waals surface area contributed by atoms with Crippen LogP contribution >= 0.6 is 22.6 Å². The molecular formula is C5H4BFINO2. The van der Waals surface area contributed by atoms with Gasteiger partial charge < -0.3 is 10.0 Å². The van der Waals surface area contributed by atoms with Crippen molar-refractivity contribution in [1.29, 1.82) is 0 Å². The zero-order valence-corrected chi connectivity index (χ0v) is 7.49. The first kappa shape index (κ1) is 8.89. The molecule has 0 saturated carbocycles. The molecule has 0 aliphatic rings. The maximum atomic E-state index is 12.6. The van der Waals surface area contributed by atoms with E-state index in [1.165, 1.54) is 6.20 Å². The van der Waals surface area contributed by atoms with Crippen LogP contribution in [0.2, 0.25) is 0 Å². The van der Waals surface area contributed by atoms with Crippen LogP contribution in [0.3, 0.4) is 0 Å². The molecule has 1 rings (SSSR count). The Bertz CT molecular complexity index is 271. The molecule has 1 aromatic heterocycles. The molecule has 0 saturated heterocycles. The van der Waals surface area contributed by atoms with E-state index in [2.05, 4.69) is 4.98 Å². The Kier molecular flexibility index (Phi) is 2.80. The van der Waals surface area contributed by atoms with Gasteiger partial charge >= 0.3 is 7.12 Å². The van der Waals surface area contributed by atoms with Gasteiger partial charge in [0.15, 0.2) is 5.82 Å². The molecule has 58 valence electrons. The Morgan fingerprint density at radius 3 is 2.64 bits per heavy atom. The van der Waals surface area contributed by atoms with Crippen LogP contribution in [-0.4, -0.2) is 22.2 Å². The van der Waals surface area contributed by atoms with Gasteiger partial charge in [0.05, 0.1) is 0 Å². The monoisotopic (exact) mass is 267 g/mol. The fourth-order valence-electron chi connectivity index (χ4n) is 0.577. The lowest BCUT2D eigenvalue weighted by molar-refractivity contribution is 0.425. The molecule has 3 nitrogen and oxygen atoms in total. The molecule has 0 bridgehead atoms. The topological polar surface area (TPSA) is 53.4 Å². The predicted molar refractivity (Wildman–Crippen MR) is 46.7 cm³/mol. The van der Waals surface area contributed by atoms with E-state index in [0.29, 0.717) is 0 Å². The Morgan fingerprint density at radius 2 is 2.18 bits per heavy atom. The molecule has 0 aliphatic carbocycles. The minimum Gasteiger partial charge on any atom is -0.423 e. The van der Waals surface area contributed by atoms with Crippen LogP contribution in [0.4, 0.5) is 4.39 Å². The summed E-state index contributed by atoms with van der Waals surface area (Å²) in [6, 6.07) is 1.04. The molecule has 0 fully saturated rings. The van der Waals surface area contributed by atoms with Gasteiger partial charge in [-0.3, -0.25) is 0 Å². The Hall–Kier alpha value is -0.205. The third-order valence-corrected chi connectivity index (χ3v) is 1.91. The highest BCUT2D eigenvalue weighted by Gasteiger charge is 2.13. The minimum atomic E-state index is -1.66. The van der Waals surface area contributed by atoms with Gasteiger partial charge in [-0.1, -0.05) is 0 Å². The van der Waals surface area contributed by atoms with E-state index in [1.807, 2.05) is 0 Å². The van der Waals surface area contributed by atoms with Crippen molar-refractivity contribution in [3.8, 4) is 0 Å². The molecule has 1 aromatic rings. The van der Waals surface area contributed by atoms with Crippen LogP contribution in [-0.2, 0) is 0 Å². The molecule has 0 aromatic carbocycles. The highest BCUT2D eigenvalue weighted by Crippen LogP contribution is 2.03. The van der Waals surface area contributed by atoms with Gasteiger partial charge in [0.1, 0.15) is 3.70 Å². The zero-order chi connectivity index (χ0) is 8.43. The quantitative estimate of drug-likeness (QED) is 0.410. The standard InChI is InChI=1S/C5H4BFINO2/c7-4-1-3(6(10)11)2-9-5(4)8/h1-2,10-11H. The van der Waals surface area contributed by atoms with Crippen molar-refractivity contribution in [2.24, 2.45) is 0 Å². The SMILES string of the molecule is OB(O)c1cnc(I)c(F)c1. The summed E-state index contributed by atoms with van der Waals surface area (Å²) in [5.74, 6) is -0.545. The van der Waals surface area contributed by atoms with E-state index in [0.717, 1.165) is 6.07 Å². The Balaban J connectivity index is 3.05. The third kappa shape index (κ3) is 2.11. The van der Waals surface area contributed by atoms with Gasteiger partial charge in [-0.2, -0.15) is 0 Å². The number of aromatic nitrogens is 1. The minimum absolute atomic E-state index is 0.0583. The van der Waals surface area contributed by atoms with Crippen molar-refractivity contribution in [2.45, 2.75) is 0 Å². The summed E-state index contributed by atoms with van der Waals surface area (Å²) in [5.41, 5.74) is 0.0583. The molecule has 0 unspecified atom stereocenters. The third-order valence-electron chi connectivity index (χ3n) is 1.12. The Morgan fingerprint density at radius 1 is 1.55 bits per heavy atom. The molecule has 2 N–H and O–H groups in total. The van der Waals surface area contributed by atoms with E-state index in [-0.39, 0.29) is 9.16 Å². The molecule has 0 radical (unpaired) electrons. The normalized spacial score (nSPS) is 9.82. The molecule has 6 heteroatoms. The maximum absolute atomic E-state index is 12.6. The number of halogens is 2. The van der Waals surface area contributed by atoms with Gasteiger partial charge in [0, 0.05) is 11.7 Å². The fraction of sp³-hybridized carbons (Fsp3) is 0. The van der Waals surface area contributed by atoms with E-state index >= 15 is 0 Å². The van der Waals surface area contributed by atoms with Crippen LogP contribution in [0.25, 0.3) is 0 Å². The Labute approximate surface area is 76.6 Å². The van der Waals surface area contributed by atoms with Crippen molar-refractivity contribution in [2.75, 3.05) is 0 Å². The first-order chi connectivity index (χ1) is 5.11. The largest absolute Gasteiger partial charge is 0.490 e. The fourth-order valence-corrected chi connectivity index (χ4v) is 0.872. The van der Waals surface area contributed by atoms with Gasteiger partial charge in [-0.25, -0.2) is 9.37 Å². The molecule has 0 spiro atoms. The average molecular weight is 267 g/mol. The molecule has 0 atom stereocenters. The molecule has 11 heavy (non-hydrogen) atoms. The predicted octanol–water partition coefficient (Wildman–Crippen LogP) is -0.495. The molecular weight excluding hydrogens is 263 g/mol. The summed E-state index contributed by atoms with van der Waals surface area (Å²) in [6.45, 7) is 0. The van der Waals surface area contributed by atoms with Gasteiger partial charge in [-0.15, -0.1) is 0 Å². The first-order valence-corrected chi connectivity index (χ1v) is 3.86. The van der Waals surface area contributed by atoms with Crippen molar-refractivity contribution >= 4 is 35.2 Å². The highest BCUT2D eigenvalue weighted by molar-refractivity contribution is 14.1. The second kappa shape index (κ2) is 3.46. The average Bonchev–Trinajstić information content (AvgIpc) is 1.94. The number of hydrogen-bond donors (Lipinski definition) is 2. The van der Waals surface area contributed by atoms with E-state index in [1.54, 1.807) is 22.6 Å². The summed E-state index contributed by atoms with van der Waals surface area (Å²) in [5, 5.41) is 17.2. The van der Waals surface area contributed by atoms with Crippen molar-refractivity contribution in [3.63, 3.8) is 0 Å². The van der Waals surface area contributed by atoms with E-state index < -0.39 is 12.9 Å². The van der Waals surface area contributed by atoms with Gasteiger partial charge in [0.25, 0.3) is 0 Å². The molecule has 0 amide bonds. The van der Waals surface area contributed by atoms with Crippen LogP contribution < -0.4 is 5.46 Å². The lowest BCUT2D eigenvalue weighted by atomic mass is 9.82. The number of pyridine rings is 1. The summed E-state index contributed by atoms with van der Waals surface area (Å²) in [4.78, 5) is 3.59. The lowest BCUT2D eigenvalue weighted by Crippen LogP contribution is -2.30. The number of rotatable bonds is 1. The van der Waals surface area contributed by atoms with Crippen molar-refractivity contribution < 1.29 is 14.4 Å². The second-order valence-electron chi connectivity index (χ2n) is 1.91. The lowest BCUT2D eigenvalue weighted by Gasteiger charge is -1.98. The van der Waals surface area contributed by atoms with Crippen molar-refractivity contribution in [3.05, 3.63) is 21.8 Å². The summed E-state index contributed by atoms with van der Waals surface area (Å²) in [6.07, 6.45) is 1.22. The highest BCUT2D eigenvalue weighted by atomic mass is 127. The van der Waals surface area contributed by atoms with Crippen LogP contribution in [0.1, 0.15) is 0 Å². The van der Waals surface area contributed by atoms with Gasteiger partial charge in [0.2, 0.25) is 0 Å².